The summed E-state index contributed by atoms with van der Waals surface area (Å²) in [6, 6.07) is 13.0. The van der Waals surface area contributed by atoms with Crippen LogP contribution in [-0.2, 0) is 27.4 Å². The Labute approximate surface area is 147 Å². The van der Waals surface area contributed by atoms with Crippen molar-refractivity contribution < 1.29 is 18.6 Å². The van der Waals surface area contributed by atoms with Crippen LogP contribution in [0, 0.1) is 12.7 Å². The lowest BCUT2D eigenvalue weighted by Crippen LogP contribution is -2.37. The Balaban J connectivity index is 1.56. The predicted molar refractivity (Wildman–Crippen MR) is 92.6 cm³/mol. The minimum atomic E-state index is -0.239. The van der Waals surface area contributed by atoms with Crippen molar-refractivity contribution in [3.8, 4) is 0 Å². The Bertz CT molecular complexity index is 761. The number of benzene rings is 2. The zero-order chi connectivity index (χ0) is 17.4. The maximum atomic E-state index is 13.9. The van der Waals surface area contributed by atoms with Crippen molar-refractivity contribution in [2.24, 2.45) is 0 Å². The molecule has 0 unspecified atom stereocenters. The van der Waals surface area contributed by atoms with Crippen LogP contribution < -0.4 is 0 Å². The highest BCUT2D eigenvalue weighted by molar-refractivity contribution is 5.38. The largest absolute Gasteiger partial charge is 0.368 e. The first-order chi connectivity index (χ1) is 12.2. The van der Waals surface area contributed by atoms with E-state index in [0.717, 1.165) is 6.42 Å². The number of rotatable bonds is 4. The van der Waals surface area contributed by atoms with Gasteiger partial charge in [0.2, 0.25) is 0 Å². The normalized spacial score (nSPS) is 27.8. The predicted octanol–water partition coefficient (Wildman–Crippen LogP) is 4.47. The highest BCUT2D eigenvalue weighted by atomic mass is 19.1. The summed E-state index contributed by atoms with van der Waals surface area (Å²) in [4.78, 5) is 0. The van der Waals surface area contributed by atoms with Crippen LogP contribution in [0.25, 0.3) is 0 Å². The summed E-state index contributed by atoms with van der Waals surface area (Å²) in [6.07, 6.45) is 0.334. The second kappa shape index (κ2) is 6.87. The fourth-order valence-corrected chi connectivity index (χ4v) is 3.86. The van der Waals surface area contributed by atoms with Crippen LogP contribution in [0.2, 0.25) is 0 Å². The molecular weight excluding hydrogens is 319 g/mol. The third kappa shape index (κ3) is 2.99. The molecule has 2 aromatic rings. The second-order valence-corrected chi connectivity index (χ2v) is 6.79. The van der Waals surface area contributed by atoms with E-state index < -0.39 is 0 Å². The molecule has 0 saturated carbocycles. The minimum Gasteiger partial charge on any atom is -0.368 e. The average molecular weight is 342 g/mol. The van der Waals surface area contributed by atoms with E-state index >= 15 is 0 Å². The number of aryl methyl sites for hydroxylation is 1. The lowest BCUT2D eigenvalue weighted by atomic mass is 9.91. The SMILES string of the molecule is CC[C@H]1O[C@@H]2c3cccc(C)c3CO[C@@H]2[C@H]1OCc1ccccc1F. The molecule has 2 aliphatic heterocycles. The Morgan fingerprint density at radius 3 is 2.80 bits per heavy atom. The van der Waals surface area contributed by atoms with Crippen molar-refractivity contribution in [3.05, 3.63) is 70.5 Å². The van der Waals surface area contributed by atoms with Gasteiger partial charge in [0, 0.05) is 5.56 Å². The van der Waals surface area contributed by atoms with Crippen molar-refractivity contribution in [1.29, 1.82) is 0 Å². The van der Waals surface area contributed by atoms with E-state index in [1.165, 1.54) is 22.8 Å². The van der Waals surface area contributed by atoms with Crippen LogP contribution in [0.15, 0.2) is 42.5 Å². The molecule has 1 saturated heterocycles. The van der Waals surface area contributed by atoms with Gasteiger partial charge in [-0.1, -0.05) is 43.3 Å². The molecule has 0 N–H and O–H groups in total. The van der Waals surface area contributed by atoms with Gasteiger partial charge in [-0.2, -0.15) is 0 Å². The summed E-state index contributed by atoms with van der Waals surface area (Å²) >= 11 is 0. The molecule has 1 fully saturated rings. The molecule has 2 aromatic carbocycles. The second-order valence-electron chi connectivity index (χ2n) is 6.79. The third-order valence-electron chi connectivity index (χ3n) is 5.27. The van der Waals surface area contributed by atoms with E-state index in [1.807, 2.05) is 6.07 Å². The summed E-state index contributed by atoms with van der Waals surface area (Å²) < 4.78 is 32.4. The van der Waals surface area contributed by atoms with E-state index in [0.29, 0.717) is 12.2 Å². The Hall–Kier alpha value is -1.75. The average Bonchev–Trinajstić information content (AvgIpc) is 2.99. The number of hydrogen-bond donors (Lipinski definition) is 0. The molecular formula is C21H23FO3. The number of hydrogen-bond acceptors (Lipinski definition) is 3. The van der Waals surface area contributed by atoms with Crippen molar-refractivity contribution in [1.82, 2.24) is 0 Å². The van der Waals surface area contributed by atoms with Gasteiger partial charge in [0.15, 0.2) is 0 Å². The fourth-order valence-electron chi connectivity index (χ4n) is 3.86. The van der Waals surface area contributed by atoms with Crippen LogP contribution in [0.1, 0.15) is 41.7 Å². The summed E-state index contributed by atoms with van der Waals surface area (Å²) in [6.45, 7) is 4.98. The molecule has 0 aromatic heterocycles. The molecule has 0 amide bonds. The monoisotopic (exact) mass is 342 g/mol. The van der Waals surface area contributed by atoms with E-state index in [9.17, 15) is 4.39 Å². The van der Waals surface area contributed by atoms with Crippen LogP contribution in [-0.4, -0.2) is 18.3 Å². The highest BCUT2D eigenvalue weighted by Gasteiger charge is 2.48. The molecule has 3 nitrogen and oxygen atoms in total. The molecule has 4 atom stereocenters. The van der Waals surface area contributed by atoms with Crippen molar-refractivity contribution in [2.75, 3.05) is 0 Å². The molecule has 0 bridgehead atoms. The minimum absolute atomic E-state index is 0.0479. The first kappa shape index (κ1) is 16.7. The first-order valence-corrected chi connectivity index (χ1v) is 8.89. The first-order valence-electron chi connectivity index (χ1n) is 8.89. The lowest BCUT2D eigenvalue weighted by molar-refractivity contribution is -0.0866. The van der Waals surface area contributed by atoms with Crippen molar-refractivity contribution in [3.63, 3.8) is 0 Å². The number of ether oxygens (including phenoxy) is 3. The van der Waals surface area contributed by atoms with Crippen molar-refractivity contribution >= 4 is 0 Å². The quantitative estimate of drug-likeness (QED) is 0.820. The standard InChI is InChI=1S/C21H23FO3/c1-3-18-20(23-11-14-8-4-5-10-17(14)22)21-19(25-18)15-9-6-7-13(2)16(15)12-24-21/h4-10,18-21H,3,11-12H2,1-2H3/t18-,19-,20+,21+/m1/s1. The molecule has 0 aliphatic carbocycles. The van der Waals surface area contributed by atoms with Gasteiger partial charge in [0.25, 0.3) is 0 Å². The van der Waals surface area contributed by atoms with Crippen LogP contribution in [0.4, 0.5) is 4.39 Å². The van der Waals surface area contributed by atoms with Gasteiger partial charge in [-0.05, 0) is 36.1 Å². The van der Waals surface area contributed by atoms with Gasteiger partial charge < -0.3 is 14.2 Å². The van der Waals surface area contributed by atoms with Gasteiger partial charge in [-0.15, -0.1) is 0 Å². The number of halogens is 1. The molecule has 25 heavy (non-hydrogen) atoms. The van der Waals surface area contributed by atoms with Crippen LogP contribution in [0.3, 0.4) is 0 Å². The lowest BCUT2D eigenvalue weighted by Gasteiger charge is -2.31. The maximum absolute atomic E-state index is 13.9. The zero-order valence-corrected chi connectivity index (χ0v) is 14.6. The maximum Gasteiger partial charge on any atom is 0.128 e. The van der Waals surface area contributed by atoms with Crippen LogP contribution >= 0.6 is 0 Å². The number of fused-ring (bicyclic) bond motifs is 3. The topological polar surface area (TPSA) is 27.7 Å². The Morgan fingerprint density at radius 1 is 1.16 bits per heavy atom. The van der Waals surface area contributed by atoms with Gasteiger partial charge in [-0.25, -0.2) is 4.39 Å². The molecule has 0 spiro atoms. The summed E-state index contributed by atoms with van der Waals surface area (Å²) in [5, 5.41) is 0. The smallest absolute Gasteiger partial charge is 0.128 e. The van der Waals surface area contributed by atoms with Gasteiger partial charge >= 0.3 is 0 Å². The Kier molecular flexibility index (Phi) is 4.59. The van der Waals surface area contributed by atoms with E-state index in [2.05, 4.69) is 32.0 Å². The van der Waals surface area contributed by atoms with Crippen LogP contribution in [0.5, 0.6) is 0 Å². The van der Waals surface area contributed by atoms with Gasteiger partial charge in [0.1, 0.15) is 24.1 Å². The molecule has 132 valence electrons. The van der Waals surface area contributed by atoms with Crippen molar-refractivity contribution in [2.45, 2.75) is 57.9 Å². The molecule has 4 rings (SSSR count). The molecule has 2 heterocycles. The highest BCUT2D eigenvalue weighted by Crippen LogP contribution is 2.43. The third-order valence-corrected chi connectivity index (χ3v) is 5.27. The van der Waals surface area contributed by atoms with E-state index in [-0.39, 0.29) is 36.8 Å². The van der Waals surface area contributed by atoms with E-state index in [4.69, 9.17) is 14.2 Å². The Morgan fingerprint density at radius 2 is 2.00 bits per heavy atom. The summed E-state index contributed by atoms with van der Waals surface area (Å²) in [7, 11) is 0. The van der Waals surface area contributed by atoms with Gasteiger partial charge in [0.05, 0.1) is 19.3 Å². The molecule has 4 heteroatoms. The fraction of sp³-hybridized carbons (Fsp3) is 0.429. The summed E-state index contributed by atoms with van der Waals surface area (Å²) in [5.41, 5.74) is 4.20. The van der Waals surface area contributed by atoms with E-state index in [1.54, 1.807) is 12.1 Å². The molecule has 2 aliphatic rings. The van der Waals surface area contributed by atoms with Gasteiger partial charge in [-0.3, -0.25) is 0 Å². The zero-order valence-electron chi connectivity index (χ0n) is 14.6. The molecule has 0 radical (unpaired) electrons. The summed E-state index contributed by atoms with van der Waals surface area (Å²) in [5.74, 6) is -0.239.